The molecule has 2 rings (SSSR count). The van der Waals surface area contributed by atoms with E-state index in [2.05, 4.69) is 46.8 Å². The summed E-state index contributed by atoms with van der Waals surface area (Å²) in [5.41, 5.74) is 1.25. The molecular weight excluding hydrogens is 224 g/mol. The first-order valence-electron chi connectivity index (χ1n) is 6.63. The fourth-order valence-corrected chi connectivity index (χ4v) is 2.56. The van der Waals surface area contributed by atoms with Gasteiger partial charge in [-0.15, -0.1) is 0 Å². The van der Waals surface area contributed by atoms with Gasteiger partial charge < -0.3 is 4.57 Å². The molecule has 0 unspecified atom stereocenters. The van der Waals surface area contributed by atoms with Crippen molar-refractivity contribution in [2.24, 2.45) is 7.05 Å². The molecule has 1 saturated heterocycles. The molecule has 2 heterocycles. The molecular formula is C14H24N4. The first kappa shape index (κ1) is 13.3. The van der Waals surface area contributed by atoms with E-state index >= 15 is 0 Å². The van der Waals surface area contributed by atoms with Crippen molar-refractivity contribution in [3.63, 3.8) is 0 Å². The Morgan fingerprint density at radius 3 is 2.83 bits per heavy atom. The van der Waals surface area contributed by atoms with E-state index in [1.165, 1.54) is 5.57 Å². The van der Waals surface area contributed by atoms with Crippen LogP contribution in [0.2, 0.25) is 0 Å². The van der Waals surface area contributed by atoms with Crippen LogP contribution in [0.3, 0.4) is 0 Å². The second-order valence-electron chi connectivity index (χ2n) is 5.47. The van der Waals surface area contributed by atoms with Crippen LogP contribution in [-0.2, 0) is 13.6 Å². The Bertz CT molecular complexity index is 410. The van der Waals surface area contributed by atoms with Crippen LogP contribution in [0.25, 0.3) is 0 Å². The maximum Gasteiger partial charge on any atom is 0.122 e. The average Bonchev–Trinajstić information content (AvgIpc) is 2.67. The van der Waals surface area contributed by atoms with Gasteiger partial charge >= 0.3 is 0 Å². The normalized spacial score (nSPS) is 22.3. The second kappa shape index (κ2) is 5.67. The van der Waals surface area contributed by atoms with Crippen molar-refractivity contribution in [3.8, 4) is 0 Å². The number of piperazine rings is 1. The molecule has 0 amide bonds. The van der Waals surface area contributed by atoms with Gasteiger partial charge in [0.1, 0.15) is 5.82 Å². The summed E-state index contributed by atoms with van der Waals surface area (Å²) in [4.78, 5) is 9.40. The quantitative estimate of drug-likeness (QED) is 0.755. The Morgan fingerprint density at radius 1 is 1.50 bits per heavy atom. The lowest BCUT2D eigenvalue weighted by Crippen LogP contribution is -2.51. The number of aryl methyl sites for hydroxylation is 1. The zero-order chi connectivity index (χ0) is 13.1. The van der Waals surface area contributed by atoms with Crippen LogP contribution in [0.1, 0.15) is 19.7 Å². The molecule has 1 aromatic rings. The molecule has 4 nitrogen and oxygen atoms in total. The van der Waals surface area contributed by atoms with Crippen LogP contribution in [0, 0.1) is 0 Å². The maximum absolute atomic E-state index is 4.41. The van der Waals surface area contributed by atoms with Gasteiger partial charge in [-0.25, -0.2) is 4.98 Å². The average molecular weight is 248 g/mol. The molecule has 18 heavy (non-hydrogen) atoms. The van der Waals surface area contributed by atoms with Crippen molar-refractivity contribution in [1.29, 1.82) is 0 Å². The van der Waals surface area contributed by atoms with Gasteiger partial charge in [0.25, 0.3) is 0 Å². The molecule has 0 radical (unpaired) electrons. The van der Waals surface area contributed by atoms with Crippen molar-refractivity contribution in [3.05, 3.63) is 30.4 Å². The predicted octanol–water partition coefficient (Wildman–Crippen LogP) is 1.50. The lowest BCUT2D eigenvalue weighted by molar-refractivity contribution is 0.0807. The highest BCUT2D eigenvalue weighted by Crippen LogP contribution is 2.13. The summed E-state index contributed by atoms with van der Waals surface area (Å²) >= 11 is 0. The minimum atomic E-state index is 0.579. The monoisotopic (exact) mass is 248 g/mol. The minimum Gasteiger partial charge on any atom is -0.337 e. The summed E-state index contributed by atoms with van der Waals surface area (Å²) in [5.74, 6) is 1.15. The smallest absolute Gasteiger partial charge is 0.122 e. The third-order valence-electron chi connectivity index (χ3n) is 3.61. The molecule has 1 aromatic heterocycles. The summed E-state index contributed by atoms with van der Waals surface area (Å²) in [6.45, 7) is 13.7. The van der Waals surface area contributed by atoms with E-state index in [-0.39, 0.29) is 0 Å². The first-order chi connectivity index (χ1) is 8.56. The third-order valence-corrected chi connectivity index (χ3v) is 3.61. The van der Waals surface area contributed by atoms with Gasteiger partial charge in [-0.05, 0) is 13.8 Å². The van der Waals surface area contributed by atoms with Crippen molar-refractivity contribution < 1.29 is 0 Å². The van der Waals surface area contributed by atoms with Gasteiger partial charge in [0.05, 0.1) is 6.54 Å². The Labute approximate surface area is 110 Å². The molecule has 1 aliphatic rings. The summed E-state index contributed by atoms with van der Waals surface area (Å²) in [5, 5.41) is 0. The van der Waals surface area contributed by atoms with E-state index in [1.54, 1.807) is 0 Å². The Kier molecular flexibility index (Phi) is 4.19. The molecule has 1 fully saturated rings. The number of hydrogen-bond donors (Lipinski definition) is 0. The Morgan fingerprint density at radius 2 is 2.28 bits per heavy atom. The Hall–Kier alpha value is -1.13. The Balaban J connectivity index is 1.90. The van der Waals surface area contributed by atoms with Crippen LogP contribution in [-0.4, -0.2) is 51.6 Å². The largest absolute Gasteiger partial charge is 0.337 e. The van der Waals surface area contributed by atoms with Crippen LogP contribution < -0.4 is 0 Å². The summed E-state index contributed by atoms with van der Waals surface area (Å²) in [6.07, 6.45) is 3.88. The van der Waals surface area contributed by atoms with Gasteiger partial charge in [0.2, 0.25) is 0 Å². The zero-order valence-corrected chi connectivity index (χ0v) is 11.8. The van der Waals surface area contributed by atoms with Crippen molar-refractivity contribution in [1.82, 2.24) is 19.4 Å². The molecule has 0 aliphatic carbocycles. The predicted molar refractivity (Wildman–Crippen MR) is 74.3 cm³/mol. The molecule has 0 spiro atoms. The maximum atomic E-state index is 4.41. The highest BCUT2D eigenvalue weighted by atomic mass is 15.3. The molecule has 0 saturated carbocycles. The molecule has 4 heteroatoms. The number of nitrogens with zero attached hydrogens (tertiary/aromatic N) is 4. The topological polar surface area (TPSA) is 24.3 Å². The summed E-state index contributed by atoms with van der Waals surface area (Å²) < 4.78 is 2.10. The molecule has 0 N–H and O–H groups in total. The van der Waals surface area contributed by atoms with E-state index in [9.17, 15) is 0 Å². The van der Waals surface area contributed by atoms with Crippen molar-refractivity contribution >= 4 is 0 Å². The van der Waals surface area contributed by atoms with Crippen molar-refractivity contribution in [2.45, 2.75) is 26.4 Å². The van der Waals surface area contributed by atoms with Gasteiger partial charge in [0, 0.05) is 51.7 Å². The van der Waals surface area contributed by atoms with Crippen LogP contribution in [0.15, 0.2) is 24.5 Å². The van der Waals surface area contributed by atoms with Gasteiger partial charge in [0.15, 0.2) is 0 Å². The SMILES string of the molecule is C=C(C)CN1CCN(Cc2nccn2C)[C@H](C)C1. The van der Waals surface area contributed by atoms with Gasteiger partial charge in [-0.1, -0.05) is 12.2 Å². The van der Waals surface area contributed by atoms with E-state index < -0.39 is 0 Å². The lowest BCUT2D eigenvalue weighted by atomic mass is 10.1. The number of rotatable bonds is 4. The molecule has 0 bridgehead atoms. The van der Waals surface area contributed by atoms with E-state index in [1.807, 2.05) is 12.4 Å². The minimum absolute atomic E-state index is 0.579. The third kappa shape index (κ3) is 3.21. The van der Waals surface area contributed by atoms with Gasteiger partial charge in [-0.2, -0.15) is 0 Å². The molecule has 1 aliphatic heterocycles. The van der Waals surface area contributed by atoms with Crippen molar-refractivity contribution in [2.75, 3.05) is 26.2 Å². The molecule has 1 atom stereocenters. The van der Waals surface area contributed by atoms with Crippen LogP contribution in [0.5, 0.6) is 0 Å². The van der Waals surface area contributed by atoms with Gasteiger partial charge in [-0.3, -0.25) is 9.80 Å². The fourth-order valence-electron chi connectivity index (χ4n) is 2.56. The molecule has 100 valence electrons. The van der Waals surface area contributed by atoms with Crippen LogP contribution in [0.4, 0.5) is 0 Å². The van der Waals surface area contributed by atoms with E-state index in [4.69, 9.17) is 0 Å². The zero-order valence-electron chi connectivity index (χ0n) is 11.8. The number of aromatic nitrogens is 2. The molecule has 0 aromatic carbocycles. The summed E-state index contributed by atoms with van der Waals surface area (Å²) in [7, 11) is 2.06. The second-order valence-corrected chi connectivity index (χ2v) is 5.47. The number of imidazole rings is 1. The van der Waals surface area contributed by atoms with E-state index in [0.717, 1.165) is 38.5 Å². The highest BCUT2D eigenvalue weighted by Gasteiger charge is 2.24. The standard InChI is InChI=1S/C14H24N4/c1-12(2)9-17-7-8-18(13(3)10-17)11-14-15-5-6-16(14)4/h5-6,13H,1,7-11H2,2-4H3/t13-/m1/s1. The summed E-state index contributed by atoms with van der Waals surface area (Å²) in [6, 6.07) is 0.579. The number of hydrogen-bond acceptors (Lipinski definition) is 3. The lowest BCUT2D eigenvalue weighted by Gasteiger charge is -2.39. The van der Waals surface area contributed by atoms with Crippen LogP contribution >= 0.6 is 0 Å². The van der Waals surface area contributed by atoms with E-state index in [0.29, 0.717) is 6.04 Å². The fraction of sp³-hybridized carbons (Fsp3) is 0.643. The first-order valence-corrected chi connectivity index (χ1v) is 6.63. The highest BCUT2D eigenvalue weighted by molar-refractivity contribution is 4.96.